The molecule has 25 heavy (non-hydrogen) atoms. The molecule has 1 saturated carbocycles. The van der Waals surface area contributed by atoms with E-state index in [2.05, 4.69) is 9.97 Å². The largest absolute Gasteiger partial charge is 0.475 e. The molecular weight excluding hydrogens is 359 g/mol. The van der Waals surface area contributed by atoms with Crippen LogP contribution in [0.25, 0.3) is 0 Å². The van der Waals surface area contributed by atoms with E-state index in [4.69, 9.17) is 16.7 Å². The van der Waals surface area contributed by atoms with Gasteiger partial charge in [-0.1, -0.05) is 23.7 Å². The highest BCUT2D eigenvalue weighted by Gasteiger charge is 2.76. The molecule has 2 aliphatic rings. The number of alkyl halides is 2. The van der Waals surface area contributed by atoms with Crippen molar-refractivity contribution < 1.29 is 23.1 Å². The summed E-state index contributed by atoms with van der Waals surface area (Å²) < 4.78 is 41.8. The minimum atomic E-state index is -2.83. The highest BCUT2D eigenvalue weighted by molar-refractivity contribution is 6.31. The van der Waals surface area contributed by atoms with E-state index in [0.29, 0.717) is 5.69 Å². The number of nitrogens with zero attached hydrogens (tertiary/aromatic N) is 3. The SMILES string of the molecule is O=C(O)c1ncc(N2C[C@H]3[C@@H]([C@@H]2c2cccc(F)c2Cl)C3(F)F)cn1. The molecule has 0 spiro atoms. The summed E-state index contributed by atoms with van der Waals surface area (Å²) in [6.45, 7) is 0.0327. The molecule has 2 fully saturated rings. The van der Waals surface area contributed by atoms with Crippen molar-refractivity contribution in [2.75, 3.05) is 11.4 Å². The van der Waals surface area contributed by atoms with E-state index in [9.17, 15) is 18.0 Å². The molecule has 2 aromatic rings. The Morgan fingerprint density at radius 1 is 1.32 bits per heavy atom. The molecule has 5 nitrogen and oxygen atoms in total. The van der Waals surface area contributed by atoms with E-state index in [1.165, 1.54) is 30.6 Å². The van der Waals surface area contributed by atoms with Crippen LogP contribution < -0.4 is 4.90 Å². The fourth-order valence-corrected chi connectivity index (χ4v) is 3.80. The predicted octanol–water partition coefficient (Wildman–Crippen LogP) is 3.41. The topological polar surface area (TPSA) is 66.3 Å². The molecular formula is C16H11ClF3N3O2. The quantitative estimate of drug-likeness (QED) is 0.898. The minimum absolute atomic E-state index is 0.0327. The van der Waals surface area contributed by atoms with Crippen molar-refractivity contribution >= 4 is 23.3 Å². The van der Waals surface area contributed by atoms with Gasteiger partial charge >= 0.3 is 5.97 Å². The van der Waals surface area contributed by atoms with Crippen molar-refractivity contribution in [3.8, 4) is 0 Å². The number of carboxylic acid groups (broad SMARTS) is 1. The van der Waals surface area contributed by atoms with Gasteiger partial charge in [0.1, 0.15) is 5.82 Å². The molecule has 2 heterocycles. The van der Waals surface area contributed by atoms with Crippen LogP contribution in [0.1, 0.15) is 22.2 Å². The van der Waals surface area contributed by atoms with Gasteiger partial charge in [-0.3, -0.25) is 0 Å². The van der Waals surface area contributed by atoms with Gasteiger partial charge in [0.25, 0.3) is 5.92 Å². The average molecular weight is 370 g/mol. The number of carbonyl (C=O) groups is 1. The standard InChI is InChI=1S/C16H11ClF3N3O2/c17-12-8(2-1-3-10(12)18)13-11-9(16(11,19)20)6-23(13)7-4-21-14(15(24)25)22-5-7/h1-5,9,11,13H,6H2,(H,24,25)/t9-,11-,13-/m0/s1. The van der Waals surface area contributed by atoms with Gasteiger partial charge in [-0.25, -0.2) is 27.9 Å². The zero-order chi connectivity index (χ0) is 17.9. The molecule has 9 heteroatoms. The predicted molar refractivity (Wildman–Crippen MR) is 82.4 cm³/mol. The Labute approximate surface area is 145 Å². The Balaban J connectivity index is 1.75. The van der Waals surface area contributed by atoms with Crippen molar-refractivity contribution in [1.82, 2.24) is 9.97 Å². The van der Waals surface area contributed by atoms with Gasteiger partial charge in [-0.15, -0.1) is 0 Å². The van der Waals surface area contributed by atoms with Crippen LogP contribution in [0.4, 0.5) is 18.9 Å². The van der Waals surface area contributed by atoms with Crippen LogP contribution in [-0.4, -0.2) is 33.5 Å². The first-order valence-corrected chi connectivity index (χ1v) is 7.84. The zero-order valence-electron chi connectivity index (χ0n) is 12.5. The van der Waals surface area contributed by atoms with E-state index in [1.807, 2.05) is 0 Å². The number of fused-ring (bicyclic) bond motifs is 1. The molecule has 0 unspecified atom stereocenters. The minimum Gasteiger partial charge on any atom is -0.475 e. The molecule has 1 aliphatic heterocycles. The lowest BCUT2D eigenvalue weighted by atomic mass is 10.0. The van der Waals surface area contributed by atoms with Crippen LogP contribution >= 0.6 is 11.6 Å². The fourth-order valence-electron chi connectivity index (χ4n) is 3.56. The van der Waals surface area contributed by atoms with Crippen molar-refractivity contribution in [3.63, 3.8) is 0 Å². The zero-order valence-corrected chi connectivity index (χ0v) is 13.3. The Kier molecular flexibility index (Phi) is 3.44. The van der Waals surface area contributed by atoms with Gasteiger partial charge in [-0.05, 0) is 11.6 Å². The number of anilines is 1. The smallest absolute Gasteiger partial charge is 0.373 e. The Bertz CT molecular complexity index is 862. The maximum Gasteiger partial charge on any atom is 0.373 e. The molecule has 1 saturated heterocycles. The highest BCUT2D eigenvalue weighted by atomic mass is 35.5. The number of carboxylic acids is 1. The lowest BCUT2D eigenvalue weighted by molar-refractivity contribution is 0.0683. The summed E-state index contributed by atoms with van der Waals surface area (Å²) in [6, 6.07) is 3.28. The number of hydrogen-bond acceptors (Lipinski definition) is 4. The summed E-state index contributed by atoms with van der Waals surface area (Å²) in [5, 5.41) is 8.67. The highest BCUT2D eigenvalue weighted by Crippen LogP contribution is 2.67. The van der Waals surface area contributed by atoms with Crippen molar-refractivity contribution in [2.24, 2.45) is 11.8 Å². The number of piperidine rings is 1. The van der Waals surface area contributed by atoms with E-state index in [1.54, 1.807) is 4.90 Å². The van der Waals surface area contributed by atoms with Crippen molar-refractivity contribution in [2.45, 2.75) is 12.0 Å². The van der Waals surface area contributed by atoms with Gasteiger partial charge in [0.15, 0.2) is 0 Å². The first-order chi connectivity index (χ1) is 11.8. The summed E-state index contributed by atoms with van der Waals surface area (Å²) in [4.78, 5) is 19.9. The first kappa shape index (κ1) is 16.1. The van der Waals surface area contributed by atoms with Crippen LogP contribution in [0.15, 0.2) is 30.6 Å². The molecule has 3 atom stereocenters. The Morgan fingerprint density at radius 2 is 2.00 bits per heavy atom. The van der Waals surface area contributed by atoms with Gasteiger partial charge in [0.2, 0.25) is 5.82 Å². The van der Waals surface area contributed by atoms with Crippen LogP contribution in [0.2, 0.25) is 5.02 Å². The molecule has 1 aromatic carbocycles. The summed E-state index contributed by atoms with van der Waals surface area (Å²) in [6.07, 6.45) is 2.53. The lowest BCUT2D eigenvalue weighted by Crippen LogP contribution is -2.31. The van der Waals surface area contributed by atoms with Crippen molar-refractivity contribution in [3.05, 3.63) is 52.8 Å². The molecule has 4 rings (SSSR count). The maximum atomic E-state index is 14.0. The number of rotatable bonds is 3. The third kappa shape index (κ3) is 2.35. The van der Waals surface area contributed by atoms with Crippen LogP contribution in [0, 0.1) is 17.7 Å². The number of halogens is 4. The summed E-state index contributed by atoms with van der Waals surface area (Å²) in [7, 11) is 0. The fraction of sp³-hybridized carbons (Fsp3) is 0.312. The second kappa shape index (κ2) is 5.32. The average Bonchev–Trinajstić information content (AvgIpc) is 2.94. The second-order valence-electron chi connectivity index (χ2n) is 6.12. The van der Waals surface area contributed by atoms with Crippen LogP contribution in [0.5, 0.6) is 0 Å². The summed E-state index contributed by atoms with van der Waals surface area (Å²) in [5.74, 6) is -7.03. The molecule has 1 N–H and O–H groups in total. The summed E-state index contributed by atoms with van der Waals surface area (Å²) in [5.41, 5.74) is 0.659. The first-order valence-electron chi connectivity index (χ1n) is 7.46. The molecule has 130 valence electrons. The lowest BCUT2D eigenvalue weighted by Gasteiger charge is -2.31. The van der Waals surface area contributed by atoms with Gasteiger partial charge in [-0.2, -0.15) is 0 Å². The third-order valence-corrected chi connectivity index (χ3v) is 5.19. The van der Waals surface area contributed by atoms with Gasteiger partial charge in [0.05, 0.1) is 41.0 Å². The molecule has 1 aromatic heterocycles. The van der Waals surface area contributed by atoms with Crippen LogP contribution in [-0.2, 0) is 0 Å². The second-order valence-corrected chi connectivity index (χ2v) is 6.50. The third-order valence-electron chi connectivity index (χ3n) is 4.79. The Hall–Kier alpha value is -2.35. The Morgan fingerprint density at radius 3 is 2.64 bits per heavy atom. The van der Waals surface area contributed by atoms with E-state index in [-0.39, 0.29) is 17.1 Å². The molecule has 0 amide bonds. The molecule has 0 bridgehead atoms. The number of aromatic nitrogens is 2. The van der Waals surface area contributed by atoms with Crippen molar-refractivity contribution in [1.29, 1.82) is 0 Å². The van der Waals surface area contributed by atoms with Gasteiger partial charge in [0, 0.05) is 6.54 Å². The number of hydrogen-bond donors (Lipinski definition) is 1. The van der Waals surface area contributed by atoms with Gasteiger partial charge < -0.3 is 10.0 Å². The van der Waals surface area contributed by atoms with E-state index < -0.39 is 41.4 Å². The molecule has 1 aliphatic carbocycles. The monoisotopic (exact) mass is 369 g/mol. The normalized spacial score (nSPS) is 26.4. The maximum absolute atomic E-state index is 14.0. The number of aromatic carboxylic acids is 1. The molecule has 0 radical (unpaired) electrons. The van der Waals surface area contributed by atoms with E-state index >= 15 is 0 Å². The number of benzene rings is 1. The summed E-state index contributed by atoms with van der Waals surface area (Å²) >= 11 is 6.01. The van der Waals surface area contributed by atoms with Crippen LogP contribution in [0.3, 0.4) is 0 Å². The van der Waals surface area contributed by atoms with E-state index in [0.717, 1.165) is 0 Å².